The molecular formula is C20H17N3O3S4. The van der Waals surface area contributed by atoms with Crippen molar-refractivity contribution in [1.82, 2.24) is 4.98 Å². The molecule has 4 aromatic rings. The van der Waals surface area contributed by atoms with Gasteiger partial charge in [-0.1, -0.05) is 6.07 Å². The molecule has 0 saturated carbocycles. The van der Waals surface area contributed by atoms with Gasteiger partial charge in [0.2, 0.25) is 0 Å². The van der Waals surface area contributed by atoms with Crippen LogP contribution in [0.3, 0.4) is 0 Å². The molecule has 0 atom stereocenters. The quantitative estimate of drug-likeness (QED) is 0.380. The summed E-state index contributed by atoms with van der Waals surface area (Å²) in [5.41, 5.74) is 2.72. The normalized spacial score (nSPS) is 11.4. The highest BCUT2D eigenvalue weighted by atomic mass is 32.2. The van der Waals surface area contributed by atoms with Crippen LogP contribution in [0.5, 0.6) is 0 Å². The van der Waals surface area contributed by atoms with Crippen LogP contribution >= 0.6 is 34.0 Å². The maximum absolute atomic E-state index is 12.5. The molecule has 0 fully saturated rings. The van der Waals surface area contributed by atoms with E-state index in [-0.39, 0.29) is 10.1 Å². The topological polar surface area (TPSA) is 88.2 Å². The van der Waals surface area contributed by atoms with Crippen LogP contribution in [0, 0.1) is 13.8 Å². The van der Waals surface area contributed by atoms with Crippen LogP contribution in [0.4, 0.5) is 10.8 Å². The number of amides is 1. The van der Waals surface area contributed by atoms with Crippen LogP contribution in [0.2, 0.25) is 0 Å². The maximum Gasteiger partial charge on any atom is 0.271 e. The molecule has 10 heteroatoms. The van der Waals surface area contributed by atoms with E-state index in [1.165, 1.54) is 27.2 Å². The van der Waals surface area contributed by atoms with Crippen LogP contribution in [-0.2, 0) is 10.0 Å². The van der Waals surface area contributed by atoms with Crippen molar-refractivity contribution in [2.45, 2.75) is 18.1 Å². The number of thiazole rings is 1. The van der Waals surface area contributed by atoms with E-state index >= 15 is 0 Å². The average molecular weight is 476 g/mol. The number of hydrogen-bond acceptors (Lipinski definition) is 7. The molecule has 0 aliphatic carbocycles. The lowest BCUT2D eigenvalue weighted by atomic mass is 10.2. The first-order valence-electron chi connectivity index (χ1n) is 8.82. The molecule has 4 rings (SSSR count). The number of aryl methyl sites for hydroxylation is 2. The molecule has 0 aliphatic heterocycles. The SMILES string of the molecule is Cc1cc(-c2csc(NC(=O)c3ccc(NS(=O)(=O)c4cccs4)cc3)n2)c(C)s1. The Labute approximate surface area is 186 Å². The van der Waals surface area contributed by atoms with Crippen LogP contribution in [0.15, 0.2) is 57.4 Å². The van der Waals surface area contributed by atoms with E-state index in [1.807, 2.05) is 5.38 Å². The molecule has 1 aromatic carbocycles. The van der Waals surface area contributed by atoms with Crippen molar-refractivity contribution >= 4 is 60.8 Å². The number of rotatable bonds is 6. The fourth-order valence-corrected chi connectivity index (χ4v) is 6.51. The highest BCUT2D eigenvalue weighted by molar-refractivity contribution is 7.94. The second kappa shape index (κ2) is 8.31. The summed E-state index contributed by atoms with van der Waals surface area (Å²) in [6.45, 7) is 4.11. The molecule has 0 bridgehead atoms. The second-order valence-electron chi connectivity index (χ2n) is 6.43. The van der Waals surface area contributed by atoms with Crippen LogP contribution in [0.1, 0.15) is 20.1 Å². The zero-order chi connectivity index (χ0) is 21.3. The third-order valence-corrected chi connectivity index (χ3v) is 8.70. The van der Waals surface area contributed by atoms with E-state index in [9.17, 15) is 13.2 Å². The number of thiophene rings is 2. The lowest BCUT2D eigenvalue weighted by Gasteiger charge is -2.07. The number of sulfonamides is 1. The van der Waals surface area contributed by atoms with Gasteiger partial charge in [0, 0.05) is 31.9 Å². The van der Waals surface area contributed by atoms with Crippen molar-refractivity contribution in [3.63, 3.8) is 0 Å². The van der Waals surface area contributed by atoms with Crippen molar-refractivity contribution in [3.8, 4) is 11.3 Å². The molecule has 0 unspecified atom stereocenters. The summed E-state index contributed by atoms with van der Waals surface area (Å²) >= 11 is 4.22. The summed E-state index contributed by atoms with van der Waals surface area (Å²) in [7, 11) is -3.62. The van der Waals surface area contributed by atoms with Gasteiger partial charge in [-0.2, -0.15) is 0 Å². The molecule has 30 heavy (non-hydrogen) atoms. The van der Waals surface area contributed by atoms with Gasteiger partial charge < -0.3 is 0 Å². The van der Waals surface area contributed by atoms with Crippen molar-refractivity contribution in [1.29, 1.82) is 0 Å². The number of nitrogens with zero attached hydrogens (tertiary/aromatic N) is 1. The highest BCUT2D eigenvalue weighted by Gasteiger charge is 2.16. The van der Waals surface area contributed by atoms with Gasteiger partial charge in [-0.3, -0.25) is 14.8 Å². The molecule has 2 N–H and O–H groups in total. The summed E-state index contributed by atoms with van der Waals surface area (Å²) in [6, 6.07) is 11.6. The molecule has 154 valence electrons. The number of anilines is 2. The summed E-state index contributed by atoms with van der Waals surface area (Å²) in [6.07, 6.45) is 0. The van der Waals surface area contributed by atoms with Crippen molar-refractivity contribution in [2.75, 3.05) is 10.0 Å². The molecule has 0 spiro atoms. The van der Waals surface area contributed by atoms with E-state index in [4.69, 9.17) is 0 Å². The molecule has 0 radical (unpaired) electrons. The fraction of sp³-hybridized carbons (Fsp3) is 0.100. The van der Waals surface area contributed by atoms with Gasteiger partial charge in [0.1, 0.15) is 4.21 Å². The molecule has 6 nitrogen and oxygen atoms in total. The van der Waals surface area contributed by atoms with Gasteiger partial charge in [0.25, 0.3) is 15.9 Å². The summed E-state index contributed by atoms with van der Waals surface area (Å²) < 4.78 is 27.3. The van der Waals surface area contributed by atoms with Gasteiger partial charge in [-0.05, 0) is 55.6 Å². The van der Waals surface area contributed by atoms with E-state index in [0.29, 0.717) is 16.4 Å². The smallest absolute Gasteiger partial charge is 0.271 e. The van der Waals surface area contributed by atoms with E-state index in [1.54, 1.807) is 47.0 Å². The van der Waals surface area contributed by atoms with E-state index in [2.05, 4.69) is 34.9 Å². The molecule has 0 aliphatic rings. The fourth-order valence-electron chi connectivity index (χ4n) is 2.82. The molecule has 3 heterocycles. The zero-order valence-corrected chi connectivity index (χ0v) is 19.3. The maximum atomic E-state index is 12.5. The van der Waals surface area contributed by atoms with Gasteiger partial charge in [0.05, 0.1) is 5.69 Å². The average Bonchev–Trinajstić information content (AvgIpc) is 3.43. The third kappa shape index (κ3) is 4.46. The Bertz CT molecular complexity index is 1290. The Kier molecular flexibility index (Phi) is 5.74. The largest absolute Gasteiger partial charge is 0.298 e. The van der Waals surface area contributed by atoms with Crippen LogP contribution in [-0.4, -0.2) is 19.3 Å². The summed E-state index contributed by atoms with van der Waals surface area (Å²) in [5, 5.41) is 6.94. The van der Waals surface area contributed by atoms with Crippen LogP contribution in [0.25, 0.3) is 11.3 Å². The second-order valence-corrected chi connectivity index (χ2v) is 11.6. The number of nitrogens with one attached hydrogen (secondary N) is 2. The van der Waals surface area contributed by atoms with Gasteiger partial charge >= 0.3 is 0 Å². The van der Waals surface area contributed by atoms with E-state index < -0.39 is 10.0 Å². The van der Waals surface area contributed by atoms with Crippen LogP contribution < -0.4 is 10.0 Å². The number of hydrogen-bond donors (Lipinski definition) is 2. The minimum Gasteiger partial charge on any atom is -0.298 e. The zero-order valence-electron chi connectivity index (χ0n) is 16.0. The predicted molar refractivity (Wildman–Crippen MR) is 124 cm³/mol. The number of carbonyl (C=O) groups excluding carboxylic acids is 1. The van der Waals surface area contributed by atoms with Gasteiger partial charge in [0.15, 0.2) is 5.13 Å². The molecule has 1 amide bonds. The first-order chi connectivity index (χ1) is 14.3. The van der Waals surface area contributed by atoms with Gasteiger partial charge in [-0.25, -0.2) is 13.4 Å². The minimum atomic E-state index is -3.62. The summed E-state index contributed by atoms with van der Waals surface area (Å²) in [5.74, 6) is -0.304. The first-order valence-corrected chi connectivity index (χ1v) is 12.9. The Morgan fingerprint density at radius 3 is 2.47 bits per heavy atom. The standard InChI is InChI=1S/C20H17N3O3S4/c1-12-10-16(13(2)29-12)17-11-28-20(21-17)22-19(24)14-5-7-15(8-6-14)23-30(25,26)18-4-3-9-27-18/h3-11,23H,1-2H3,(H,21,22,24). The molecule has 3 aromatic heterocycles. The lowest BCUT2D eigenvalue weighted by Crippen LogP contribution is -2.13. The number of benzene rings is 1. The number of aromatic nitrogens is 1. The highest BCUT2D eigenvalue weighted by Crippen LogP contribution is 2.32. The Morgan fingerprint density at radius 2 is 1.83 bits per heavy atom. The van der Waals surface area contributed by atoms with Crippen molar-refractivity contribution in [2.24, 2.45) is 0 Å². The molecule has 0 saturated heterocycles. The minimum absolute atomic E-state index is 0.236. The Morgan fingerprint density at radius 1 is 1.07 bits per heavy atom. The third-order valence-electron chi connectivity index (χ3n) is 4.20. The van der Waals surface area contributed by atoms with E-state index in [0.717, 1.165) is 22.6 Å². The van der Waals surface area contributed by atoms with Crippen molar-refractivity contribution < 1.29 is 13.2 Å². The Balaban J connectivity index is 1.44. The lowest BCUT2D eigenvalue weighted by molar-refractivity contribution is 0.102. The predicted octanol–water partition coefficient (Wildman–Crippen LogP) is 5.60. The summed E-state index contributed by atoms with van der Waals surface area (Å²) in [4.78, 5) is 19.5. The Hall–Kier alpha value is -2.53. The first kappa shape index (κ1) is 20.7. The van der Waals surface area contributed by atoms with Crippen molar-refractivity contribution in [3.05, 3.63) is 68.5 Å². The molecular weight excluding hydrogens is 459 g/mol. The number of carbonyl (C=O) groups is 1. The monoisotopic (exact) mass is 475 g/mol. The van der Waals surface area contributed by atoms with Gasteiger partial charge in [-0.15, -0.1) is 34.0 Å².